The Labute approximate surface area is 173 Å². The molecule has 144 valence electrons. The average Bonchev–Trinajstić information content (AvgIpc) is 2.58. The van der Waals surface area contributed by atoms with E-state index in [9.17, 15) is 0 Å². The Kier molecular flexibility index (Phi) is 5.88. The summed E-state index contributed by atoms with van der Waals surface area (Å²) in [6, 6.07) is 10.0. The Morgan fingerprint density at radius 1 is 1.22 bits per heavy atom. The van der Waals surface area contributed by atoms with Gasteiger partial charge in [0.05, 0.1) is 10.7 Å². The molecule has 1 heterocycles. The molecule has 2 nitrogen and oxygen atoms in total. The molecule has 2 aromatic rings. The number of nitrogens with zero attached hydrogens (tertiary/aromatic N) is 2. The maximum Gasteiger partial charge on any atom is 0.0817 e. The zero-order chi connectivity index (χ0) is 19.8. The van der Waals surface area contributed by atoms with Gasteiger partial charge in [0.15, 0.2) is 0 Å². The van der Waals surface area contributed by atoms with Gasteiger partial charge in [-0.1, -0.05) is 37.0 Å². The number of fused-ring (bicyclic) bond motifs is 1. The predicted molar refractivity (Wildman–Crippen MR) is 120 cm³/mol. The first kappa shape index (κ1) is 20.2. The van der Waals surface area contributed by atoms with E-state index in [1.165, 1.54) is 16.8 Å². The SMILES string of the molecule is CCCN1c2cc(C)c(C=Nc3ccc(Cl)cc3Cl)cc2C(C)CC1(C)C. The lowest BCUT2D eigenvalue weighted by Gasteiger charge is -2.48. The lowest BCUT2D eigenvalue weighted by Crippen LogP contribution is -2.48. The number of aryl methyl sites for hydroxylation is 1. The summed E-state index contributed by atoms with van der Waals surface area (Å²) in [4.78, 5) is 7.18. The van der Waals surface area contributed by atoms with Gasteiger partial charge in [0.1, 0.15) is 0 Å². The van der Waals surface area contributed by atoms with E-state index >= 15 is 0 Å². The molecule has 1 aliphatic rings. The summed E-state index contributed by atoms with van der Waals surface area (Å²) in [6.07, 6.45) is 4.22. The standard InChI is InChI=1S/C23H28Cl2N2/c1-6-9-27-22-10-15(2)17(11-19(22)16(3)13-23(27,4)5)14-26-21-8-7-18(24)12-20(21)25/h7-8,10-12,14,16H,6,9,13H2,1-5H3. The van der Waals surface area contributed by atoms with Gasteiger partial charge in [-0.05, 0) is 86.6 Å². The van der Waals surface area contributed by atoms with Gasteiger partial charge in [0.25, 0.3) is 0 Å². The molecule has 1 unspecified atom stereocenters. The van der Waals surface area contributed by atoms with Crippen LogP contribution in [0.4, 0.5) is 11.4 Å². The molecule has 4 heteroatoms. The van der Waals surface area contributed by atoms with E-state index in [0.717, 1.165) is 30.6 Å². The van der Waals surface area contributed by atoms with Gasteiger partial charge in [0.2, 0.25) is 0 Å². The van der Waals surface area contributed by atoms with E-state index in [4.69, 9.17) is 23.2 Å². The average molecular weight is 403 g/mol. The Morgan fingerprint density at radius 2 is 1.96 bits per heavy atom. The third-order valence-corrected chi connectivity index (χ3v) is 6.01. The highest BCUT2D eigenvalue weighted by Crippen LogP contribution is 2.44. The van der Waals surface area contributed by atoms with Gasteiger partial charge in [-0.3, -0.25) is 4.99 Å². The maximum absolute atomic E-state index is 6.25. The van der Waals surface area contributed by atoms with E-state index in [1.807, 2.05) is 18.3 Å². The minimum Gasteiger partial charge on any atom is -0.366 e. The van der Waals surface area contributed by atoms with Gasteiger partial charge < -0.3 is 4.90 Å². The monoisotopic (exact) mass is 402 g/mol. The molecule has 1 atom stereocenters. The molecule has 0 saturated carbocycles. The normalized spacial score (nSPS) is 18.8. The van der Waals surface area contributed by atoms with Crippen LogP contribution < -0.4 is 4.90 Å². The number of benzene rings is 2. The van der Waals surface area contributed by atoms with Crippen molar-refractivity contribution in [3.05, 3.63) is 57.1 Å². The lowest BCUT2D eigenvalue weighted by molar-refractivity contribution is 0.376. The van der Waals surface area contributed by atoms with Crippen LogP contribution in [0.5, 0.6) is 0 Å². The third kappa shape index (κ3) is 4.17. The Morgan fingerprint density at radius 3 is 2.63 bits per heavy atom. The van der Waals surface area contributed by atoms with Crippen LogP contribution in [0.3, 0.4) is 0 Å². The highest BCUT2D eigenvalue weighted by atomic mass is 35.5. The molecule has 0 aliphatic carbocycles. The molecule has 0 radical (unpaired) electrons. The van der Waals surface area contributed by atoms with Crippen LogP contribution in [0.2, 0.25) is 10.0 Å². The summed E-state index contributed by atoms with van der Waals surface area (Å²) in [6.45, 7) is 12.5. The van der Waals surface area contributed by atoms with Crippen molar-refractivity contribution in [3.63, 3.8) is 0 Å². The smallest absolute Gasteiger partial charge is 0.0817 e. The maximum atomic E-state index is 6.25. The van der Waals surface area contributed by atoms with Crippen LogP contribution in [0.1, 0.15) is 63.1 Å². The van der Waals surface area contributed by atoms with E-state index in [0.29, 0.717) is 16.0 Å². The molecular formula is C23H28Cl2N2. The zero-order valence-corrected chi connectivity index (χ0v) is 18.3. The van der Waals surface area contributed by atoms with Gasteiger partial charge in [-0.15, -0.1) is 0 Å². The Balaban J connectivity index is 2.00. The van der Waals surface area contributed by atoms with Crippen molar-refractivity contribution in [1.29, 1.82) is 0 Å². The summed E-state index contributed by atoms with van der Waals surface area (Å²) < 4.78 is 0. The van der Waals surface area contributed by atoms with E-state index in [-0.39, 0.29) is 5.54 Å². The van der Waals surface area contributed by atoms with E-state index < -0.39 is 0 Å². The predicted octanol–water partition coefficient (Wildman–Crippen LogP) is 7.55. The highest BCUT2D eigenvalue weighted by Gasteiger charge is 2.36. The zero-order valence-electron chi connectivity index (χ0n) is 16.8. The van der Waals surface area contributed by atoms with E-state index in [1.54, 1.807) is 6.07 Å². The molecule has 0 amide bonds. The molecule has 3 rings (SSSR count). The van der Waals surface area contributed by atoms with Crippen molar-refractivity contribution in [2.24, 2.45) is 4.99 Å². The van der Waals surface area contributed by atoms with Crippen LogP contribution in [0, 0.1) is 6.92 Å². The Bertz CT molecular complexity index is 871. The fourth-order valence-electron chi connectivity index (χ4n) is 4.16. The first-order valence-corrected chi connectivity index (χ1v) is 10.4. The second kappa shape index (κ2) is 7.85. The summed E-state index contributed by atoms with van der Waals surface area (Å²) in [5.74, 6) is 0.523. The molecule has 0 N–H and O–H groups in total. The second-order valence-electron chi connectivity index (χ2n) is 8.19. The van der Waals surface area contributed by atoms with Crippen molar-refractivity contribution in [1.82, 2.24) is 0 Å². The molecule has 27 heavy (non-hydrogen) atoms. The number of anilines is 1. The molecular weight excluding hydrogens is 375 g/mol. The minimum atomic E-state index is 0.182. The van der Waals surface area contributed by atoms with Crippen molar-refractivity contribution < 1.29 is 0 Å². The fourth-order valence-corrected chi connectivity index (χ4v) is 4.62. The van der Waals surface area contributed by atoms with Crippen LogP contribution in [-0.2, 0) is 0 Å². The molecule has 0 saturated heterocycles. The van der Waals surface area contributed by atoms with Crippen LogP contribution >= 0.6 is 23.2 Å². The number of hydrogen-bond donors (Lipinski definition) is 0. The van der Waals surface area contributed by atoms with Gasteiger partial charge in [-0.2, -0.15) is 0 Å². The summed E-state index contributed by atoms with van der Waals surface area (Å²) in [5.41, 5.74) is 6.08. The quantitative estimate of drug-likeness (QED) is 0.481. The first-order valence-electron chi connectivity index (χ1n) is 9.64. The van der Waals surface area contributed by atoms with Crippen molar-refractivity contribution in [2.45, 2.75) is 58.9 Å². The number of hydrogen-bond acceptors (Lipinski definition) is 2. The summed E-state index contributed by atoms with van der Waals surface area (Å²) >= 11 is 12.2. The molecule has 1 aliphatic heterocycles. The first-order chi connectivity index (χ1) is 12.7. The molecule has 0 fully saturated rings. The summed E-state index contributed by atoms with van der Waals surface area (Å²) in [5, 5.41) is 1.19. The fraction of sp³-hybridized carbons (Fsp3) is 0.435. The van der Waals surface area contributed by atoms with Gasteiger partial charge >= 0.3 is 0 Å². The molecule has 2 aromatic carbocycles. The largest absolute Gasteiger partial charge is 0.366 e. The number of aliphatic imine (C=N–C) groups is 1. The van der Waals surface area contributed by atoms with Crippen LogP contribution in [0.15, 0.2) is 35.3 Å². The highest BCUT2D eigenvalue weighted by molar-refractivity contribution is 6.36. The molecule has 0 aromatic heterocycles. The summed E-state index contributed by atoms with van der Waals surface area (Å²) in [7, 11) is 0. The van der Waals surface area contributed by atoms with Crippen molar-refractivity contribution in [3.8, 4) is 0 Å². The number of halogens is 2. The van der Waals surface area contributed by atoms with Gasteiger partial charge in [0, 0.05) is 29.0 Å². The number of rotatable bonds is 4. The van der Waals surface area contributed by atoms with Crippen LogP contribution in [0.25, 0.3) is 0 Å². The van der Waals surface area contributed by atoms with Gasteiger partial charge in [-0.25, -0.2) is 0 Å². The van der Waals surface area contributed by atoms with Crippen LogP contribution in [-0.4, -0.2) is 18.3 Å². The second-order valence-corrected chi connectivity index (χ2v) is 9.03. The molecule has 0 bridgehead atoms. The van der Waals surface area contributed by atoms with Crippen molar-refractivity contribution in [2.75, 3.05) is 11.4 Å². The van der Waals surface area contributed by atoms with E-state index in [2.05, 4.69) is 56.6 Å². The topological polar surface area (TPSA) is 15.6 Å². The van der Waals surface area contributed by atoms with Crippen molar-refractivity contribution >= 4 is 40.8 Å². The Hall–Kier alpha value is -1.51. The molecule has 0 spiro atoms. The third-order valence-electron chi connectivity index (χ3n) is 5.47. The lowest BCUT2D eigenvalue weighted by atomic mass is 9.79. The minimum absolute atomic E-state index is 0.182.